The second-order valence-corrected chi connectivity index (χ2v) is 5.82. The monoisotopic (exact) mass is 345 g/mol. The third kappa shape index (κ3) is 2.33. The summed E-state index contributed by atoms with van der Waals surface area (Å²) >= 11 is 2.23. The molecule has 1 N–H and O–H groups in total. The molecule has 2 rings (SSSR count). The minimum atomic E-state index is -0.888. The molecular weight excluding hydrogens is 329 g/mol. The molecule has 1 atom stereocenters. The molecule has 4 heteroatoms. The second-order valence-electron chi connectivity index (χ2n) is 4.58. The summed E-state index contributed by atoms with van der Waals surface area (Å²) in [5.74, 6) is -0.763. The van der Waals surface area contributed by atoms with E-state index in [1.54, 1.807) is 0 Å². The average Bonchev–Trinajstić information content (AvgIpc) is 2.82. The largest absolute Gasteiger partial charge is 0.480 e. The van der Waals surface area contributed by atoms with Crippen molar-refractivity contribution >= 4 is 28.6 Å². The first-order chi connectivity index (χ1) is 8.05. The Bertz CT molecular complexity index is 412. The summed E-state index contributed by atoms with van der Waals surface area (Å²) in [6, 6.07) is 7.78. The van der Waals surface area contributed by atoms with Crippen molar-refractivity contribution in [2.75, 3.05) is 13.1 Å². The van der Waals surface area contributed by atoms with Gasteiger partial charge in [0.05, 0.1) is 0 Å². The number of carboxylic acids is 1. The zero-order chi connectivity index (χ0) is 12.5. The summed E-state index contributed by atoms with van der Waals surface area (Å²) < 4.78 is 1.13. The number of rotatable bonds is 3. The highest BCUT2D eigenvalue weighted by molar-refractivity contribution is 14.1. The quantitative estimate of drug-likeness (QED) is 0.857. The van der Waals surface area contributed by atoms with Crippen LogP contribution in [0.2, 0.25) is 0 Å². The Morgan fingerprint density at radius 1 is 1.29 bits per heavy atom. The van der Waals surface area contributed by atoms with Gasteiger partial charge in [-0.2, -0.15) is 0 Å². The molecule has 0 radical (unpaired) electrons. The van der Waals surface area contributed by atoms with Crippen LogP contribution in [0.5, 0.6) is 0 Å². The van der Waals surface area contributed by atoms with Crippen molar-refractivity contribution in [2.45, 2.75) is 25.3 Å². The Morgan fingerprint density at radius 3 is 2.29 bits per heavy atom. The second kappa shape index (κ2) is 4.94. The van der Waals surface area contributed by atoms with Crippen LogP contribution in [-0.2, 0) is 10.3 Å². The number of carbonyl (C=O) groups is 1. The Labute approximate surface area is 115 Å². The molecule has 0 saturated carbocycles. The zero-order valence-corrected chi connectivity index (χ0v) is 12.0. The SMILES string of the molecule is CC(C(=O)O)(c1ccc(I)cc1)N1CCCC1. The summed E-state index contributed by atoms with van der Waals surface area (Å²) in [6.07, 6.45) is 2.18. The number of likely N-dealkylation sites (tertiary alicyclic amines) is 1. The zero-order valence-electron chi connectivity index (χ0n) is 9.82. The fourth-order valence-corrected chi connectivity index (χ4v) is 2.74. The van der Waals surface area contributed by atoms with Gasteiger partial charge in [-0.25, -0.2) is 4.79 Å². The van der Waals surface area contributed by atoms with Crippen LogP contribution in [-0.4, -0.2) is 29.1 Å². The molecule has 1 aliphatic rings. The van der Waals surface area contributed by atoms with Crippen molar-refractivity contribution in [3.05, 3.63) is 33.4 Å². The van der Waals surface area contributed by atoms with E-state index in [-0.39, 0.29) is 0 Å². The molecule has 0 spiro atoms. The van der Waals surface area contributed by atoms with E-state index < -0.39 is 11.5 Å². The van der Waals surface area contributed by atoms with Crippen LogP contribution in [0.1, 0.15) is 25.3 Å². The minimum Gasteiger partial charge on any atom is -0.480 e. The van der Waals surface area contributed by atoms with Crippen LogP contribution < -0.4 is 0 Å². The van der Waals surface area contributed by atoms with Gasteiger partial charge in [-0.1, -0.05) is 12.1 Å². The van der Waals surface area contributed by atoms with Crippen LogP contribution in [0.15, 0.2) is 24.3 Å². The van der Waals surface area contributed by atoms with E-state index in [9.17, 15) is 9.90 Å². The molecule has 0 aromatic heterocycles. The topological polar surface area (TPSA) is 40.5 Å². The molecule has 0 amide bonds. The number of carboxylic acid groups (broad SMARTS) is 1. The van der Waals surface area contributed by atoms with E-state index in [0.717, 1.165) is 35.1 Å². The van der Waals surface area contributed by atoms with Crippen molar-refractivity contribution in [1.29, 1.82) is 0 Å². The molecular formula is C13H16INO2. The maximum atomic E-state index is 11.7. The van der Waals surface area contributed by atoms with Gasteiger partial charge in [-0.15, -0.1) is 0 Å². The molecule has 0 bridgehead atoms. The van der Waals surface area contributed by atoms with Crippen LogP contribution in [0.25, 0.3) is 0 Å². The molecule has 3 nitrogen and oxygen atoms in total. The first-order valence-electron chi connectivity index (χ1n) is 5.79. The first kappa shape index (κ1) is 12.8. The minimum absolute atomic E-state index is 0.763. The molecule has 17 heavy (non-hydrogen) atoms. The smallest absolute Gasteiger partial charge is 0.328 e. The Hall–Kier alpha value is -0.620. The summed E-state index contributed by atoms with van der Waals surface area (Å²) in [4.78, 5) is 13.7. The lowest BCUT2D eigenvalue weighted by atomic mass is 9.90. The molecule has 0 aliphatic carbocycles. The Balaban J connectivity index is 2.39. The third-order valence-corrected chi connectivity index (χ3v) is 4.28. The highest BCUT2D eigenvalue weighted by Crippen LogP contribution is 2.32. The summed E-state index contributed by atoms with van der Waals surface area (Å²) in [5, 5.41) is 9.57. The Kier molecular flexibility index (Phi) is 3.73. The van der Waals surface area contributed by atoms with E-state index in [4.69, 9.17) is 0 Å². The van der Waals surface area contributed by atoms with Gasteiger partial charge in [-0.3, -0.25) is 4.90 Å². The molecule has 1 aromatic rings. The number of benzene rings is 1. The average molecular weight is 345 g/mol. The fraction of sp³-hybridized carbons (Fsp3) is 0.462. The normalized spacial score (nSPS) is 20.1. The van der Waals surface area contributed by atoms with Crippen LogP contribution >= 0.6 is 22.6 Å². The van der Waals surface area contributed by atoms with E-state index in [1.165, 1.54) is 0 Å². The number of nitrogens with zero attached hydrogens (tertiary/aromatic N) is 1. The number of hydrogen-bond donors (Lipinski definition) is 1. The lowest BCUT2D eigenvalue weighted by Crippen LogP contribution is -2.48. The molecule has 1 heterocycles. The fourth-order valence-electron chi connectivity index (χ4n) is 2.38. The van der Waals surface area contributed by atoms with E-state index in [0.29, 0.717) is 0 Å². The van der Waals surface area contributed by atoms with E-state index >= 15 is 0 Å². The van der Waals surface area contributed by atoms with Gasteiger partial charge < -0.3 is 5.11 Å². The maximum absolute atomic E-state index is 11.7. The standard InChI is InChI=1S/C13H16INO2/c1-13(12(16)17,15-8-2-3-9-15)10-4-6-11(14)7-5-10/h4-7H,2-3,8-9H2,1H3,(H,16,17). The molecule has 1 aromatic carbocycles. The van der Waals surface area contributed by atoms with Gasteiger partial charge in [-0.05, 0) is 73.1 Å². The molecule has 92 valence electrons. The summed E-state index contributed by atoms with van der Waals surface area (Å²) in [6.45, 7) is 3.55. The first-order valence-corrected chi connectivity index (χ1v) is 6.87. The third-order valence-electron chi connectivity index (χ3n) is 3.56. The maximum Gasteiger partial charge on any atom is 0.328 e. The van der Waals surface area contributed by atoms with Crippen molar-refractivity contribution in [2.24, 2.45) is 0 Å². The highest BCUT2D eigenvalue weighted by Gasteiger charge is 2.42. The molecule has 1 fully saturated rings. The van der Waals surface area contributed by atoms with Gasteiger partial charge in [0.15, 0.2) is 0 Å². The van der Waals surface area contributed by atoms with Crippen LogP contribution in [0.4, 0.5) is 0 Å². The summed E-state index contributed by atoms with van der Waals surface area (Å²) in [7, 11) is 0. The molecule has 1 saturated heterocycles. The van der Waals surface area contributed by atoms with Crippen molar-refractivity contribution in [3.8, 4) is 0 Å². The van der Waals surface area contributed by atoms with Crippen molar-refractivity contribution in [1.82, 2.24) is 4.90 Å². The lowest BCUT2D eigenvalue weighted by Gasteiger charge is -2.35. The van der Waals surface area contributed by atoms with Gasteiger partial charge in [0, 0.05) is 3.57 Å². The predicted molar refractivity (Wildman–Crippen MR) is 75.0 cm³/mol. The van der Waals surface area contributed by atoms with Gasteiger partial charge in [0.2, 0.25) is 0 Å². The van der Waals surface area contributed by atoms with Crippen molar-refractivity contribution in [3.63, 3.8) is 0 Å². The van der Waals surface area contributed by atoms with E-state index in [1.807, 2.05) is 31.2 Å². The van der Waals surface area contributed by atoms with Crippen molar-refractivity contribution < 1.29 is 9.90 Å². The number of aliphatic carboxylic acids is 1. The number of hydrogen-bond acceptors (Lipinski definition) is 2. The number of halogens is 1. The van der Waals surface area contributed by atoms with Crippen LogP contribution in [0, 0.1) is 3.57 Å². The van der Waals surface area contributed by atoms with Gasteiger partial charge >= 0.3 is 5.97 Å². The summed E-state index contributed by atoms with van der Waals surface area (Å²) in [5.41, 5.74) is -0.0202. The molecule has 1 aliphatic heterocycles. The lowest BCUT2D eigenvalue weighted by molar-refractivity contribution is -0.150. The van der Waals surface area contributed by atoms with Crippen LogP contribution in [0.3, 0.4) is 0 Å². The highest BCUT2D eigenvalue weighted by atomic mass is 127. The van der Waals surface area contributed by atoms with E-state index in [2.05, 4.69) is 27.5 Å². The van der Waals surface area contributed by atoms with Gasteiger partial charge in [0.25, 0.3) is 0 Å². The molecule has 1 unspecified atom stereocenters. The predicted octanol–water partition coefficient (Wildman–Crippen LogP) is 2.69. The van der Waals surface area contributed by atoms with Gasteiger partial charge in [0.1, 0.15) is 5.54 Å². The Morgan fingerprint density at radius 2 is 1.82 bits per heavy atom.